The molecule has 0 aliphatic rings. The van der Waals surface area contributed by atoms with Crippen molar-refractivity contribution in [3.8, 4) is 55.6 Å². The Morgan fingerprint density at radius 2 is 0.591 bits per heavy atom. The summed E-state index contributed by atoms with van der Waals surface area (Å²) in [6.07, 6.45) is 0. The zero-order chi connectivity index (χ0) is 29.3. The van der Waals surface area contributed by atoms with E-state index in [4.69, 9.17) is 0 Å². The molecule has 0 saturated carbocycles. The summed E-state index contributed by atoms with van der Waals surface area (Å²) in [6, 6.07) is 65.8. The molecule has 0 saturated heterocycles. The van der Waals surface area contributed by atoms with E-state index in [1.54, 1.807) is 0 Å². The number of rotatable bonds is 5. The average molecular weight is 559 g/mol. The average Bonchev–Trinajstić information content (AvgIpc) is 3.11. The highest BCUT2D eigenvalue weighted by Gasteiger charge is 2.18. The van der Waals surface area contributed by atoms with Gasteiger partial charge in [-0.2, -0.15) is 0 Å². The van der Waals surface area contributed by atoms with Gasteiger partial charge < -0.3 is 0 Å². The molecule has 206 valence electrons. The third-order valence-electron chi connectivity index (χ3n) is 8.69. The molecule has 0 atom stereocenters. The maximum absolute atomic E-state index is 2.29. The van der Waals surface area contributed by atoms with Gasteiger partial charge in [0.25, 0.3) is 0 Å². The molecule has 44 heavy (non-hydrogen) atoms. The molecule has 0 heteroatoms. The van der Waals surface area contributed by atoms with E-state index in [0.717, 1.165) is 0 Å². The summed E-state index contributed by atoms with van der Waals surface area (Å²) in [4.78, 5) is 0. The van der Waals surface area contributed by atoms with Crippen molar-refractivity contribution in [2.24, 2.45) is 0 Å². The molecule has 0 bridgehead atoms. The van der Waals surface area contributed by atoms with Crippen LogP contribution in [0.4, 0.5) is 0 Å². The summed E-state index contributed by atoms with van der Waals surface area (Å²) in [5, 5.41) is 5.07. The Labute approximate surface area is 258 Å². The molecule has 0 spiro atoms. The smallest absolute Gasteiger partial charge is 0.00201 e. The fourth-order valence-corrected chi connectivity index (χ4v) is 6.64. The molecular formula is C44H30. The van der Waals surface area contributed by atoms with Crippen LogP contribution in [0.2, 0.25) is 0 Å². The van der Waals surface area contributed by atoms with E-state index in [9.17, 15) is 0 Å². The molecule has 0 N–H and O–H groups in total. The van der Waals surface area contributed by atoms with Gasteiger partial charge in [-0.25, -0.2) is 0 Å². The van der Waals surface area contributed by atoms with Crippen molar-refractivity contribution in [3.05, 3.63) is 182 Å². The van der Waals surface area contributed by atoms with Crippen molar-refractivity contribution in [1.29, 1.82) is 0 Å². The van der Waals surface area contributed by atoms with Crippen molar-refractivity contribution in [1.82, 2.24) is 0 Å². The summed E-state index contributed by atoms with van der Waals surface area (Å²) >= 11 is 0. The molecule has 0 radical (unpaired) electrons. The molecule has 0 unspecified atom stereocenters. The molecule has 0 aliphatic carbocycles. The quantitative estimate of drug-likeness (QED) is 0.184. The van der Waals surface area contributed by atoms with Gasteiger partial charge in [0.05, 0.1) is 0 Å². The number of fused-ring (bicyclic) bond motifs is 2. The van der Waals surface area contributed by atoms with Crippen LogP contribution in [0.1, 0.15) is 0 Å². The molecule has 0 heterocycles. The lowest BCUT2D eigenvalue weighted by molar-refractivity contribution is 1.58. The van der Waals surface area contributed by atoms with Crippen molar-refractivity contribution in [2.45, 2.75) is 0 Å². The Morgan fingerprint density at radius 3 is 1.16 bits per heavy atom. The minimum Gasteiger partial charge on any atom is -0.0622 e. The molecule has 8 aromatic rings. The molecule has 8 rings (SSSR count). The molecule has 0 aromatic heterocycles. The summed E-state index contributed by atoms with van der Waals surface area (Å²) in [6.45, 7) is 0. The van der Waals surface area contributed by atoms with Gasteiger partial charge >= 0.3 is 0 Å². The highest BCUT2D eigenvalue weighted by molar-refractivity contribution is 6.22. The lowest BCUT2D eigenvalue weighted by atomic mass is 9.83. The van der Waals surface area contributed by atoms with Crippen molar-refractivity contribution >= 4 is 21.5 Å². The minimum absolute atomic E-state index is 1.22. The summed E-state index contributed by atoms with van der Waals surface area (Å²) < 4.78 is 0. The molecule has 0 fully saturated rings. The zero-order valence-corrected chi connectivity index (χ0v) is 24.3. The van der Waals surface area contributed by atoms with Crippen LogP contribution in [0.15, 0.2) is 182 Å². The maximum Gasteiger partial charge on any atom is -0.00201 e. The van der Waals surface area contributed by atoms with Gasteiger partial charge in [0, 0.05) is 0 Å². The Kier molecular flexibility index (Phi) is 6.59. The SMILES string of the molecule is c1ccc(-c2cccc(-c3ccc(-c4c5ccccc5c(-c5ccccc5-c5ccccc5)c5ccccc45)cc3)c2)cc1. The van der Waals surface area contributed by atoms with Crippen LogP contribution in [0.5, 0.6) is 0 Å². The van der Waals surface area contributed by atoms with E-state index in [-0.39, 0.29) is 0 Å². The van der Waals surface area contributed by atoms with Crippen LogP contribution >= 0.6 is 0 Å². The molecule has 0 amide bonds. The van der Waals surface area contributed by atoms with Crippen LogP contribution in [0.3, 0.4) is 0 Å². The maximum atomic E-state index is 2.29. The molecule has 0 aliphatic heterocycles. The Balaban J connectivity index is 1.30. The van der Waals surface area contributed by atoms with Crippen molar-refractivity contribution < 1.29 is 0 Å². The topological polar surface area (TPSA) is 0 Å². The second-order valence-corrected chi connectivity index (χ2v) is 11.3. The van der Waals surface area contributed by atoms with Gasteiger partial charge in [-0.05, 0) is 83.2 Å². The van der Waals surface area contributed by atoms with E-state index >= 15 is 0 Å². The first-order valence-corrected chi connectivity index (χ1v) is 15.2. The molecular weight excluding hydrogens is 528 g/mol. The lowest BCUT2D eigenvalue weighted by Crippen LogP contribution is -1.92. The zero-order valence-electron chi connectivity index (χ0n) is 24.3. The van der Waals surface area contributed by atoms with E-state index in [2.05, 4.69) is 182 Å². The lowest BCUT2D eigenvalue weighted by Gasteiger charge is -2.19. The fraction of sp³-hybridized carbons (Fsp3) is 0. The molecule has 0 nitrogen and oxygen atoms in total. The van der Waals surface area contributed by atoms with E-state index in [0.29, 0.717) is 0 Å². The van der Waals surface area contributed by atoms with Crippen LogP contribution in [-0.2, 0) is 0 Å². The first-order valence-electron chi connectivity index (χ1n) is 15.2. The van der Waals surface area contributed by atoms with Gasteiger partial charge in [-0.1, -0.05) is 176 Å². The highest BCUT2D eigenvalue weighted by atomic mass is 14.2. The normalized spacial score (nSPS) is 11.2. The summed E-state index contributed by atoms with van der Waals surface area (Å²) in [7, 11) is 0. The third kappa shape index (κ3) is 4.58. The van der Waals surface area contributed by atoms with Gasteiger partial charge in [0.2, 0.25) is 0 Å². The van der Waals surface area contributed by atoms with Crippen molar-refractivity contribution in [3.63, 3.8) is 0 Å². The number of hydrogen-bond acceptors (Lipinski definition) is 0. The Morgan fingerprint density at radius 1 is 0.205 bits per heavy atom. The van der Waals surface area contributed by atoms with Crippen molar-refractivity contribution in [2.75, 3.05) is 0 Å². The first kappa shape index (κ1) is 25.9. The van der Waals surface area contributed by atoms with E-state index in [1.807, 2.05) is 0 Å². The van der Waals surface area contributed by atoms with Crippen LogP contribution in [0, 0.1) is 0 Å². The van der Waals surface area contributed by atoms with Crippen LogP contribution in [-0.4, -0.2) is 0 Å². The second kappa shape index (κ2) is 11.2. The van der Waals surface area contributed by atoms with Crippen LogP contribution in [0.25, 0.3) is 77.2 Å². The van der Waals surface area contributed by atoms with Crippen LogP contribution < -0.4 is 0 Å². The van der Waals surface area contributed by atoms with Gasteiger partial charge in [-0.15, -0.1) is 0 Å². The monoisotopic (exact) mass is 558 g/mol. The Hall–Kier alpha value is -5.72. The fourth-order valence-electron chi connectivity index (χ4n) is 6.64. The third-order valence-corrected chi connectivity index (χ3v) is 8.69. The van der Waals surface area contributed by atoms with Gasteiger partial charge in [0.1, 0.15) is 0 Å². The van der Waals surface area contributed by atoms with Gasteiger partial charge in [-0.3, -0.25) is 0 Å². The molecule has 8 aromatic carbocycles. The number of benzene rings is 8. The predicted octanol–water partition coefficient (Wildman–Crippen LogP) is 12.3. The van der Waals surface area contributed by atoms with Gasteiger partial charge in [0.15, 0.2) is 0 Å². The summed E-state index contributed by atoms with van der Waals surface area (Å²) in [5.41, 5.74) is 12.4. The Bertz CT molecular complexity index is 2180. The highest BCUT2D eigenvalue weighted by Crippen LogP contribution is 2.46. The largest absolute Gasteiger partial charge is 0.0622 e. The summed E-state index contributed by atoms with van der Waals surface area (Å²) in [5.74, 6) is 0. The first-order chi connectivity index (χ1) is 21.8. The van der Waals surface area contributed by atoms with E-state index in [1.165, 1.54) is 77.2 Å². The standard InChI is InChI=1S/C44H30/c1-3-14-31(15-4-1)35-18-13-19-36(30-35)32-26-28-34(29-27-32)43-39-22-9-11-24-41(39)44(42-25-12-10-23-40(42)43)38-21-8-7-20-37(38)33-16-5-2-6-17-33/h1-30H. The predicted molar refractivity (Wildman–Crippen MR) is 189 cm³/mol. The van der Waals surface area contributed by atoms with E-state index < -0.39 is 0 Å². The number of hydrogen-bond donors (Lipinski definition) is 0. The second-order valence-electron chi connectivity index (χ2n) is 11.3. The minimum atomic E-state index is 1.22.